The second kappa shape index (κ2) is 8.94. The van der Waals surface area contributed by atoms with E-state index in [-0.39, 0.29) is 12.3 Å². The largest absolute Gasteiger partial charge is 0.493 e. The number of hydrogen-bond acceptors (Lipinski definition) is 5. The van der Waals surface area contributed by atoms with Crippen LogP contribution in [0.15, 0.2) is 48.5 Å². The highest BCUT2D eigenvalue weighted by Gasteiger charge is 2.49. The molecule has 1 saturated heterocycles. The first-order valence-electron chi connectivity index (χ1n) is 11.3. The van der Waals surface area contributed by atoms with Crippen LogP contribution in [-0.2, 0) is 10.3 Å². The van der Waals surface area contributed by atoms with Crippen molar-refractivity contribution in [3.05, 3.63) is 76.6 Å². The topological polar surface area (TPSA) is 89.9 Å². The van der Waals surface area contributed by atoms with Gasteiger partial charge in [0.25, 0.3) is 5.91 Å². The number of nitrogens with one attached hydrogen (secondary N) is 1. The zero-order chi connectivity index (χ0) is 25.5. The lowest BCUT2D eigenvalue weighted by Gasteiger charge is -2.23. The summed E-state index contributed by atoms with van der Waals surface area (Å²) in [5.74, 6) is 0.130. The van der Waals surface area contributed by atoms with Crippen LogP contribution < -0.4 is 14.8 Å². The van der Waals surface area contributed by atoms with Crippen molar-refractivity contribution in [1.82, 2.24) is 14.8 Å². The number of ketones is 1. The SMILES string of the molecule is COc1ccc(C2(C)NC(=O)N(CC(=O)c3cc(C)n(-c4ccc(C)cc4)c3C)C2=O)cc1OC. The minimum absolute atomic E-state index is 0.309. The lowest BCUT2D eigenvalue weighted by molar-refractivity contribution is -0.130. The molecule has 2 heterocycles. The van der Waals surface area contributed by atoms with E-state index in [9.17, 15) is 14.4 Å². The Hall–Kier alpha value is -4.07. The Morgan fingerprint density at radius 1 is 0.943 bits per heavy atom. The number of aryl methyl sites for hydroxylation is 2. The van der Waals surface area contributed by atoms with Gasteiger partial charge in [0.1, 0.15) is 5.54 Å². The van der Waals surface area contributed by atoms with Gasteiger partial charge in [-0.1, -0.05) is 23.8 Å². The molecule has 1 aliphatic heterocycles. The van der Waals surface area contributed by atoms with Gasteiger partial charge in [0, 0.05) is 22.6 Å². The van der Waals surface area contributed by atoms with E-state index in [1.807, 2.05) is 49.6 Å². The number of methoxy groups -OCH3 is 2. The molecular formula is C27H29N3O5. The maximum Gasteiger partial charge on any atom is 0.325 e. The summed E-state index contributed by atoms with van der Waals surface area (Å²) in [5.41, 5.74) is 3.40. The minimum atomic E-state index is -1.34. The van der Waals surface area contributed by atoms with E-state index in [1.54, 1.807) is 31.2 Å². The normalized spacial score (nSPS) is 17.5. The number of benzene rings is 2. The summed E-state index contributed by atoms with van der Waals surface area (Å²) in [7, 11) is 3.02. The highest BCUT2D eigenvalue weighted by molar-refractivity contribution is 6.11. The predicted octanol–water partition coefficient (Wildman–Crippen LogP) is 4.07. The third kappa shape index (κ3) is 4.05. The molecule has 2 aromatic carbocycles. The first-order chi connectivity index (χ1) is 16.6. The molecule has 0 saturated carbocycles. The lowest BCUT2D eigenvalue weighted by Crippen LogP contribution is -2.41. The number of hydrogen-bond donors (Lipinski definition) is 1. The molecular weight excluding hydrogens is 446 g/mol. The number of ether oxygens (including phenoxy) is 2. The van der Waals surface area contributed by atoms with Crippen molar-refractivity contribution in [3.63, 3.8) is 0 Å². The average Bonchev–Trinajstić information content (AvgIpc) is 3.26. The van der Waals surface area contributed by atoms with Crippen LogP contribution >= 0.6 is 0 Å². The highest BCUT2D eigenvalue weighted by Crippen LogP contribution is 2.35. The molecule has 0 aliphatic carbocycles. The standard InChI is InChI=1S/C27H29N3O5/c1-16-7-10-20(11-8-16)30-17(2)13-21(18(30)3)22(31)15-29-25(32)27(4,28-26(29)33)19-9-12-23(34-5)24(14-19)35-6/h7-14H,15H2,1-6H3,(H,28,33). The van der Waals surface area contributed by atoms with Gasteiger partial charge in [0.2, 0.25) is 0 Å². The number of aromatic nitrogens is 1. The monoisotopic (exact) mass is 475 g/mol. The van der Waals surface area contributed by atoms with Crippen molar-refractivity contribution >= 4 is 17.7 Å². The molecule has 182 valence electrons. The number of carbonyl (C=O) groups excluding carboxylic acids is 3. The number of rotatable bonds is 7. The minimum Gasteiger partial charge on any atom is -0.493 e. The van der Waals surface area contributed by atoms with Crippen molar-refractivity contribution in [2.24, 2.45) is 0 Å². The molecule has 3 amide bonds. The Morgan fingerprint density at radius 2 is 1.60 bits per heavy atom. The summed E-state index contributed by atoms with van der Waals surface area (Å²) in [6.07, 6.45) is 0. The molecule has 1 N–H and O–H groups in total. The fraction of sp³-hybridized carbons (Fsp3) is 0.296. The molecule has 0 bridgehead atoms. The number of urea groups is 1. The van der Waals surface area contributed by atoms with Crippen LogP contribution in [0.1, 0.15) is 39.8 Å². The molecule has 0 radical (unpaired) electrons. The van der Waals surface area contributed by atoms with Crippen LogP contribution in [0.3, 0.4) is 0 Å². The van der Waals surface area contributed by atoms with Gasteiger partial charge in [0.15, 0.2) is 17.3 Å². The molecule has 1 unspecified atom stereocenters. The Balaban J connectivity index is 1.60. The van der Waals surface area contributed by atoms with Gasteiger partial charge in [-0.05, 0) is 63.6 Å². The summed E-state index contributed by atoms with van der Waals surface area (Å²) in [6, 6.07) is 14.2. The maximum absolute atomic E-state index is 13.4. The fourth-order valence-corrected chi connectivity index (χ4v) is 4.55. The first kappa shape index (κ1) is 24.1. The maximum atomic E-state index is 13.4. The van der Waals surface area contributed by atoms with Crippen molar-refractivity contribution in [2.45, 2.75) is 33.2 Å². The summed E-state index contributed by atoms with van der Waals surface area (Å²) >= 11 is 0. The van der Waals surface area contributed by atoms with Gasteiger partial charge in [-0.25, -0.2) is 4.79 Å². The number of amides is 3. The Bertz CT molecular complexity index is 1330. The molecule has 8 nitrogen and oxygen atoms in total. The number of carbonyl (C=O) groups is 3. The van der Waals surface area contributed by atoms with E-state index in [0.29, 0.717) is 22.6 Å². The summed E-state index contributed by atoms with van der Waals surface area (Å²) in [4.78, 5) is 40.4. The molecule has 1 atom stereocenters. The van der Waals surface area contributed by atoms with Crippen LogP contribution in [0.2, 0.25) is 0 Å². The number of nitrogens with zero attached hydrogens (tertiary/aromatic N) is 2. The summed E-state index contributed by atoms with van der Waals surface area (Å²) in [6.45, 7) is 7.06. The molecule has 1 fully saturated rings. The molecule has 1 aromatic heterocycles. The van der Waals surface area contributed by atoms with Gasteiger partial charge in [-0.2, -0.15) is 0 Å². The predicted molar refractivity (Wildman–Crippen MR) is 131 cm³/mol. The van der Waals surface area contributed by atoms with E-state index in [2.05, 4.69) is 5.32 Å². The van der Waals surface area contributed by atoms with Gasteiger partial charge in [-0.15, -0.1) is 0 Å². The Morgan fingerprint density at radius 3 is 2.23 bits per heavy atom. The third-order valence-electron chi connectivity index (χ3n) is 6.56. The van der Waals surface area contributed by atoms with Crippen LogP contribution in [0, 0.1) is 20.8 Å². The van der Waals surface area contributed by atoms with Crippen LogP contribution in [0.4, 0.5) is 4.79 Å². The van der Waals surface area contributed by atoms with Crippen molar-refractivity contribution in [1.29, 1.82) is 0 Å². The van der Waals surface area contributed by atoms with Gasteiger partial charge in [-0.3, -0.25) is 14.5 Å². The number of imide groups is 1. The smallest absolute Gasteiger partial charge is 0.325 e. The van der Waals surface area contributed by atoms with E-state index < -0.39 is 17.5 Å². The molecule has 35 heavy (non-hydrogen) atoms. The molecule has 8 heteroatoms. The third-order valence-corrected chi connectivity index (χ3v) is 6.56. The van der Waals surface area contributed by atoms with Gasteiger partial charge >= 0.3 is 6.03 Å². The number of Topliss-reactive ketones (excluding diaryl/α,β-unsaturated/α-hetero) is 1. The van der Waals surface area contributed by atoms with Crippen molar-refractivity contribution < 1.29 is 23.9 Å². The molecule has 0 spiro atoms. The van der Waals surface area contributed by atoms with E-state index in [1.165, 1.54) is 14.2 Å². The van der Waals surface area contributed by atoms with Crippen LogP contribution in [0.5, 0.6) is 11.5 Å². The quantitative estimate of drug-likeness (QED) is 0.411. The molecule has 3 aromatic rings. The summed E-state index contributed by atoms with van der Waals surface area (Å²) in [5, 5.41) is 2.74. The highest BCUT2D eigenvalue weighted by atomic mass is 16.5. The molecule has 1 aliphatic rings. The lowest BCUT2D eigenvalue weighted by atomic mass is 9.91. The van der Waals surface area contributed by atoms with Crippen molar-refractivity contribution in [2.75, 3.05) is 20.8 Å². The van der Waals surface area contributed by atoms with E-state index in [4.69, 9.17) is 9.47 Å². The van der Waals surface area contributed by atoms with Crippen LogP contribution in [-0.4, -0.2) is 48.0 Å². The van der Waals surface area contributed by atoms with Crippen molar-refractivity contribution in [3.8, 4) is 17.2 Å². The molecule has 4 rings (SSSR count). The van der Waals surface area contributed by atoms with Crippen LogP contribution in [0.25, 0.3) is 5.69 Å². The van der Waals surface area contributed by atoms with E-state index >= 15 is 0 Å². The average molecular weight is 476 g/mol. The second-order valence-corrected chi connectivity index (χ2v) is 8.90. The Labute approximate surface area is 204 Å². The zero-order valence-corrected chi connectivity index (χ0v) is 20.8. The Kier molecular flexibility index (Phi) is 6.15. The van der Waals surface area contributed by atoms with E-state index in [0.717, 1.165) is 27.5 Å². The fourth-order valence-electron chi connectivity index (χ4n) is 4.55. The second-order valence-electron chi connectivity index (χ2n) is 8.90. The van der Waals surface area contributed by atoms with Gasteiger partial charge < -0.3 is 19.4 Å². The zero-order valence-electron chi connectivity index (χ0n) is 20.8. The first-order valence-corrected chi connectivity index (χ1v) is 11.3. The summed E-state index contributed by atoms with van der Waals surface area (Å²) < 4.78 is 12.6. The van der Waals surface area contributed by atoms with Gasteiger partial charge in [0.05, 0.1) is 20.8 Å².